The van der Waals surface area contributed by atoms with E-state index in [2.05, 4.69) is 9.40 Å². The molecule has 0 aromatic carbocycles. The Morgan fingerprint density at radius 2 is 1.55 bits per heavy atom. The van der Waals surface area contributed by atoms with Gasteiger partial charge in [0.05, 0.1) is 11.9 Å². The highest BCUT2D eigenvalue weighted by Crippen LogP contribution is 2.33. The fourth-order valence-electron chi connectivity index (χ4n) is 2.45. The lowest BCUT2D eigenvalue weighted by Crippen LogP contribution is -2.29. The molecule has 0 N–H and O–H groups in total. The smallest absolute Gasteiger partial charge is 0.227 e. The molecule has 0 atom stereocenters. The van der Waals surface area contributed by atoms with Crippen molar-refractivity contribution in [3.63, 3.8) is 0 Å². The second kappa shape index (κ2) is 5.01. The maximum Gasteiger partial charge on any atom is 0.227 e. The number of aromatic nitrogens is 1. The summed E-state index contributed by atoms with van der Waals surface area (Å²) in [6, 6.07) is 0. The van der Waals surface area contributed by atoms with Crippen LogP contribution in [0.4, 0.5) is 0 Å². The number of oxazole rings is 1. The molecule has 4 aliphatic rings. The number of carbonyl (C=O) groups is 2. The van der Waals surface area contributed by atoms with E-state index in [1.54, 1.807) is 6.20 Å². The summed E-state index contributed by atoms with van der Waals surface area (Å²) in [6.45, 7) is 5.41. The Balaban J connectivity index is 0.000000215. The van der Waals surface area contributed by atoms with E-state index in [-0.39, 0.29) is 11.6 Å². The summed E-state index contributed by atoms with van der Waals surface area (Å²) in [6.07, 6.45) is 6.00. The lowest BCUT2D eigenvalue weighted by Gasteiger charge is -2.21. The third kappa shape index (κ3) is 2.49. The maximum atomic E-state index is 12.4. The number of hydrogen-bond acceptors (Lipinski definition) is 7. The van der Waals surface area contributed by atoms with E-state index < -0.39 is 0 Å². The van der Waals surface area contributed by atoms with Crippen LogP contribution in [-0.4, -0.2) is 70.5 Å². The van der Waals surface area contributed by atoms with Crippen LogP contribution in [0.2, 0.25) is 0 Å². The monoisotopic (exact) mass is 300 g/mol. The van der Waals surface area contributed by atoms with Gasteiger partial charge in [0, 0.05) is 45.3 Å². The highest BCUT2D eigenvalue weighted by Gasteiger charge is 2.43. The van der Waals surface area contributed by atoms with Crippen LogP contribution in [0.1, 0.15) is 0 Å². The molecule has 3 aliphatic heterocycles. The number of rotatable bonds is 3. The molecular weight excluding hydrogens is 284 g/mol. The highest BCUT2D eigenvalue weighted by atomic mass is 16.3. The zero-order valence-corrected chi connectivity index (χ0v) is 12.1. The summed E-state index contributed by atoms with van der Waals surface area (Å²) >= 11 is 0. The van der Waals surface area contributed by atoms with Crippen molar-refractivity contribution >= 4 is 11.6 Å². The molecule has 7 nitrogen and oxygen atoms in total. The molecule has 1 aliphatic carbocycles. The minimum Gasteiger partial charge on any atom is -0.452 e. The van der Waals surface area contributed by atoms with Crippen molar-refractivity contribution in [2.24, 2.45) is 0 Å². The van der Waals surface area contributed by atoms with Crippen LogP contribution in [0, 0.1) is 0 Å². The normalized spacial score (nSPS) is 22.4. The third-order valence-corrected chi connectivity index (χ3v) is 3.84. The first-order chi connectivity index (χ1) is 10.8. The van der Waals surface area contributed by atoms with E-state index in [0.29, 0.717) is 17.1 Å². The van der Waals surface area contributed by atoms with E-state index in [1.165, 1.54) is 18.7 Å². The standard InChI is InChI=1S/C12H13N3O2.C3H3NO/c16-9-7-8(13-1-2-13)12(17)11(15-5-6-15)10(9)14-3-4-14;1-2-5-3-4-1/h7H,1-6H2;1-3H. The summed E-state index contributed by atoms with van der Waals surface area (Å²) in [5, 5.41) is 0. The van der Waals surface area contributed by atoms with Crippen molar-refractivity contribution in [1.29, 1.82) is 0 Å². The Morgan fingerprint density at radius 3 is 2.00 bits per heavy atom. The van der Waals surface area contributed by atoms with Gasteiger partial charge in [-0.1, -0.05) is 0 Å². The molecule has 114 valence electrons. The van der Waals surface area contributed by atoms with Gasteiger partial charge in [-0.15, -0.1) is 0 Å². The highest BCUT2D eigenvalue weighted by molar-refractivity contribution is 6.22. The Kier molecular flexibility index (Phi) is 2.99. The van der Waals surface area contributed by atoms with Crippen LogP contribution in [0.5, 0.6) is 0 Å². The Morgan fingerprint density at radius 1 is 0.909 bits per heavy atom. The summed E-state index contributed by atoms with van der Waals surface area (Å²) in [5.41, 5.74) is 1.89. The Bertz CT molecular complexity index is 648. The largest absolute Gasteiger partial charge is 0.452 e. The molecule has 3 saturated heterocycles. The summed E-state index contributed by atoms with van der Waals surface area (Å²) in [7, 11) is 0. The Hall–Kier alpha value is -2.57. The fraction of sp³-hybridized carbons (Fsp3) is 0.400. The van der Waals surface area contributed by atoms with E-state index in [0.717, 1.165) is 39.3 Å². The molecule has 7 heteroatoms. The van der Waals surface area contributed by atoms with Crippen molar-refractivity contribution in [3.05, 3.63) is 42.0 Å². The Labute approximate surface area is 127 Å². The van der Waals surface area contributed by atoms with E-state index >= 15 is 0 Å². The molecule has 0 bridgehead atoms. The topological polar surface area (TPSA) is 69.2 Å². The molecular formula is C15H16N4O3. The van der Waals surface area contributed by atoms with Crippen molar-refractivity contribution in [2.75, 3.05) is 39.3 Å². The lowest BCUT2D eigenvalue weighted by molar-refractivity contribution is -0.117. The average Bonchev–Trinajstić information content (AvgIpc) is 3.37. The zero-order chi connectivity index (χ0) is 15.1. The van der Waals surface area contributed by atoms with Gasteiger partial charge in [0.1, 0.15) is 17.7 Å². The number of allylic oxidation sites excluding steroid dienone is 1. The van der Waals surface area contributed by atoms with Gasteiger partial charge >= 0.3 is 0 Å². The first-order valence-electron chi connectivity index (χ1n) is 7.37. The van der Waals surface area contributed by atoms with Gasteiger partial charge in [0.2, 0.25) is 11.6 Å². The molecule has 1 aromatic rings. The average molecular weight is 300 g/mol. The number of Topliss-reactive ketones (excluding diaryl/α,β-unsaturated/α-hetero) is 1. The SMILES string of the molecule is O=C1C=C(N2CC2)C(=O)C(N2CC2)=C1N1CC1.c1cocn1. The van der Waals surface area contributed by atoms with Crippen LogP contribution < -0.4 is 0 Å². The second-order valence-electron chi connectivity index (χ2n) is 5.56. The first-order valence-corrected chi connectivity index (χ1v) is 7.37. The molecule has 4 heterocycles. The van der Waals surface area contributed by atoms with Gasteiger partial charge in [-0.3, -0.25) is 9.59 Å². The zero-order valence-electron chi connectivity index (χ0n) is 12.1. The van der Waals surface area contributed by atoms with Crippen molar-refractivity contribution < 1.29 is 14.0 Å². The van der Waals surface area contributed by atoms with Crippen LogP contribution >= 0.6 is 0 Å². The fourth-order valence-corrected chi connectivity index (χ4v) is 2.45. The van der Waals surface area contributed by atoms with Crippen molar-refractivity contribution in [3.8, 4) is 0 Å². The minimum absolute atomic E-state index is 0.00546. The predicted octanol–water partition coefficient (Wildman–Crippen LogP) is -0.145. The second-order valence-corrected chi connectivity index (χ2v) is 5.56. The molecule has 0 saturated carbocycles. The molecule has 1 aromatic heterocycles. The van der Waals surface area contributed by atoms with E-state index in [1.807, 2.05) is 14.7 Å². The number of hydrogen-bond donors (Lipinski definition) is 0. The van der Waals surface area contributed by atoms with Crippen LogP contribution in [0.25, 0.3) is 0 Å². The number of carbonyl (C=O) groups excluding carboxylic acids is 2. The first kappa shape index (κ1) is 13.1. The molecule has 0 unspecified atom stereocenters. The van der Waals surface area contributed by atoms with Crippen molar-refractivity contribution in [1.82, 2.24) is 19.7 Å². The van der Waals surface area contributed by atoms with Gasteiger partial charge in [-0.2, -0.15) is 0 Å². The molecule has 0 radical (unpaired) electrons. The summed E-state index contributed by atoms with van der Waals surface area (Å²) in [4.78, 5) is 34.0. The molecule has 3 fully saturated rings. The van der Waals surface area contributed by atoms with Gasteiger partial charge in [-0.25, -0.2) is 4.98 Å². The van der Waals surface area contributed by atoms with Crippen LogP contribution in [0.3, 0.4) is 0 Å². The minimum atomic E-state index is 0.00546. The number of nitrogens with zero attached hydrogens (tertiary/aromatic N) is 4. The van der Waals surface area contributed by atoms with Crippen LogP contribution in [-0.2, 0) is 9.59 Å². The van der Waals surface area contributed by atoms with E-state index in [9.17, 15) is 9.59 Å². The van der Waals surface area contributed by atoms with Gasteiger partial charge in [0.25, 0.3) is 0 Å². The summed E-state index contributed by atoms with van der Waals surface area (Å²) in [5.74, 6) is 0.0485. The van der Waals surface area contributed by atoms with Crippen molar-refractivity contribution in [2.45, 2.75) is 0 Å². The molecule has 0 amide bonds. The van der Waals surface area contributed by atoms with Crippen LogP contribution in [0.15, 0.2) is 46.4 Å². The quantitative estimate of drug-likeness (QED) is 0.568. The maximum absolute atomic E-state index is 12.4. The lowest BCUT2D eigenvalue weighted by atomic mass is 10.0. The number of ketones is 2. The van der Waals surface area contributed by atoms with Gasteiger partial charge in [-0.05, 0) is 0 Å². The summed E-state index contributed by atoms with van der Waals surface area (Å²) < 4.78 is 4.47. The third-order valence-electron chi connectivity index (χ3n) is 3.84. The molecule has 5 rings (SSSR count). The predicted molar refractivity (Wildman–Crippen MR) is 76.3 cm³/mol. The molecule has 0 spiro atoms. The van der Waals surface area contributed by atoms with Gasteiger partial charge in [0.15, 0.2) is 6.39 Å². The van der Waals surface area contributed by atoms with Gasteiger partial charge < -0.3 is 19.1 Å². The van der Waals surface area contributed by atoms with E-state index in [4.69, 9.17) is 0 Å². The molecule has 22 heavy (non-hydrogen) atoms.